The molecule has 0 saturated heterocycles. The molecule has 0 saturated carbocycles. The average Bonchev–Trinajstić information content (AvgIpc) is 2.78. The van der Waals surface area contributed by atoms with Gasteiger partial charge in [0.2, 0.25) is 0 Å². The maximum absolute atomic E-state index is 11.6. The van der Waals surface area contributed by atoms with Crippen molar-refractivity contribution in [3.05, 3.63) is 40.7 Å². The van der Waals surface area contributed by atoms with Crippen molar-refractivity contribution in [1.29, 1.82) is 0 Å². The number of hydrogen-bond donors (Lipinski definition) is 1. The Balaban J connectivity index is 2.22. The number of hydrogen-bond acceptors (Lipinski definition) is 4. The van der Waals surface area contributed by atoms with Gasteiger partial charge in [-0.2, -0.15) is 0 Å². The van der Waals surface area contributed by atoms with Gasteiger partial charge in [0, 0.05) is 10.7 Å². The van der Waals surface area contributed by atoms with E-state index in [1.54, 1.807) is 18.2 Å². The molecule has 0 aliphatic rings. The van der Waals surface area contributed by atoms with E-state index in [4.69, 9.17) is 11.6 Å². The molecular weight excluding hydrogens is 230 g/mol. The number of halogens is 1. The molecule has 0 atom stereocenters. The van der Waals surface area contributed by atoms with Crippen molar-refractivity contribution in [2.75, 3.05) is 5.32 Å². The second kappa shape index (κ2) is 4.32. The summed E-state index contributed by atoms with van der Waals surface area (Å²) in [7, 11) is 0. The molecule has 0 unspecified atom stereocenters. The first-order valence-electron chi connectivity index (χ1n) is 4.52. The van der Waals surface area contributed by atoms with Crippen molar-refractivity contribution in [1.82, 2.24) is 10.3 Å². The number of benzene rings is 1. The van der Waals surface area contributed by atoms with Crippen LogP contribution in [0.3, 0.4) is 0 Å². The van der Waals surface area contributed by atoms with Crippen molar-refractivity contribution in [2.24, 2.45) is 0 Å². The molecule has 0 aliphatic carbocycles. The van der Waals surface area contributed by atoms with Gasteiger partial charge in [-0.3, -0.25) is 4.79 Å². The number of aromatic nitrogens is 2. The van der Waals surface area contributed by atoms with Crippen LogP contribution in [-0.4, -0.2) is 16.2 Å². The minimum absolute atomic E-state index is 0.124. The third kappa shape index (κ3) is 2.04. The Kier molecular flexibility index (Phi) is 2.87. The zero-order valence-corrected chi connectivity index (χ0v) is 9.15. The number of carbonyl (C=O) groups is 1. The van der Waals surface area contributed by atoms with Gasteiger partial charge in [0.1, 0.15) is 6.20 Å². The molecule has 1 aromatic heterocycles. The molecule has 0 radical (unpaired) electrons. The van der Waals surface area contributed by atoms with E-state index >= 15 is 0 Å². The third-order valence-corrected chi connectivity index (χ3v) is 2.52. The van der Waals surface area contributed by atoms with Crippen molar-refractivity contribution in [3.63, 3.8) is 0 Å². The van der Waals surface area contributed by atoms with Gasteiger partial charge in [0.05, 0.1) is 0 Å². The molecule has 0 fully saturated rings. The highest BCUT2D eigenvalue weighted by atomic mass is 35.5. The van der Waals surface area contributed by atoms with Crippen molar-refractivity contribution in [3.8, 4) is 0 Å². The molecule has 1 amide bonds. The molecule has 1 heterocycles. The molecule has 2 rings (SSSR count). The lowest BCUT2D eigenvalue weighted by atomic mass is 10.2. The minimum Gasteiger partial charge on any atom is -0.320 e. The molecule has 82 valence electrons. The largest absolute Gasteiger partial charge is 0.320 e. The molecule has 2 aromatic rings. The lowest BCUT2D eigenvalue weighted by Crippen LogP contribution is -2.13. The normalized spacial score (nSPS) is 10.1. The summed E-state index contributed by atoms with van der Waals surface area (Å²) in [6.45, 7) is 1.82. The molecule has 6 heteroatoms. The summed E-state index contributed by atoms with van der Waals surface area (Å²) in [5, 5.41) is 10.0. The van der Waals surface area contributed by atoms with Gasteiger partial charge in [0.15, 0.2) is 5.69 Å². The number of nitrogens with zero attached hydrogens (tertiary/aromatic N) is 2. The van der Waals surface area contributed by atoms with E-state index in [1.807, 2.05) is 6.92 Å². The molecule has 1 aromatic carbocycles. The van der Waals surface area contributed by atoms with E-state index < -0.39 is 0 Å². The second-order valence-corrected chi connectivity index (χ2v) is 3.57. The van der Waals surface area contributed by atoms with E-state index in [1.165, 1.54) is 6.20 Å². The highest BCUT2D eigenvalue weighted by molar-refractivity contribution is 6.31. The van der Waals surface area contributed by atoms with Crippen molar-refractivity contribution < 1.29 is 9.42 Å². The summed E-state index contributed by atoms with van der Waals surface area (Å²) in [5.41, 5.74) is 1.56. The number of rotatable bonds is 2. The van der Waals surface area contributed by atoms with Gasteiger partial charge < -0.3 is 5.32 Å². The fourth-order valence-electron chi connectivity index (χ4n) is 1.19. The van der Waals surface area contributed by atoms with Gasteiger partial charge in [-0.05, 0) is 29.8 Å². The quantitative estimate of drug-likeness (QED) is 0.870. The zero-order valence-electron chi connectivity index (χ0n) is 8.40. The first kappa shape index (κ1) is 10.6. The van der Waals surface area contributed by atoms with Crippen LogP contribution in [0.2, 0.25) is 5.02 Å². The maximum Gasteiger partial charge on any atom is 0.279 e. The SMILES string of the molecule is Cc1c(Cl)cccc1NC(=O)c1cnon1. The summed E-state index contributed by atoms with van der Waals surface area (Å²) in [4.78, 5) is 11.6. The predicted molar refractivity (Wildman–Crippen MR) is 58.4 cm³/mol. The summed E-state index contributed by atoms with van der Waals surface area (Å²) in [6, 6.07) is 5.27. The standard InChI is InChI=1S/C10H8ClN3O2/c1-6-7(11)3-2-4-8(6)13-10(15)9-5-12-16-14-9/h2-5H,1H3,(H,13,15). The van der Waals surface area contributed by atoms with E-state index in [0.717, 1.165) is 5.56 Å². The summed E-state index contributed by atoms with van der Waals surface area (Å²) in [6.07, 6.45) is 1.25. The predicted octanol–water partition coefficient (Wildman–Crippen LogP) is 2.28. The number of amides is 1. The van der Waals surface area contributed by atoms with Gasteiger partial charge in [-0.1, -0.05) is 22.8 Å². The lowest BCUT2D eigenvalue weighted by Gasteiger charge is -2.07. The lowest BCUT2D eigenvalue weighted by molar-refractivity contribution is 0.101. The van der Waals surface area contributed by atoms with Crippen molar-refractivity contribution >= 4 is 23.2 Å². The fraction of sp³-hybridized carbons (Fsp3) is 0.100. The summed E-state index contributed by atoms with van der Waals surface area (Å²) < 4.78 is 4.34. The van der Waals surface area contributed by atoms with Crippen LogP contribution in [0, 0.1) is 6.92 Å². The van der Waals surface area contributed by atoms with Gasteiger partial charge in [-0.25, -0.2) is 4.63 Å². The number of anilines is 1. The fourth-order valence-corrected chi connectivity index (χ4v) is 1.37. The molecule has 0 spiro atoms. The van der Waals surface area contributed by atoms with Crippen LogP contribution in [0.1, 0.15) is 16.1 Å². The van der Waals surface area contributed by atoms with E-state index in [0.29, 0.717) is 10.7 Å². The molecule has 0 bridgehead atoms. The van der Waals surface area contributed by atoms with Crippen LogP contribution < -0.4 is 5.32 Å². The highest BCUT2D eigenvalue weighted by Crippen LogP contribution is 2.23. The first-order chi connectivity index (χ1) is 7.68. The van der Waals surface area contributed by atoms with Crippen LogP contribution in [-0.2, 0) is 0 Å². The smallest absolute Gasteiger partial charge is 0.279 e. The Bertz CT molecular complexity index is 511. The van der Waals surface area contributed by atoms with Crippen LogP contribution in [0.5, 0.6) is 0 Å². The molecule has 16 heavy (non-hydrogen) atoms. The zero-order chi connectivity index (χ0) is 11.5. The Morgan fingerprint density at radius 2 is 2.31 bits per heavy atom. The van der Waals surface area contributed by atoms with E-state index in [2.05, 4.69) is 20.3 Å². The minimum atomic E-state index is -0.383. The number of carbonyl (C=O) groups excluding carboxylic acids is 1. The Morgan fingerprint density at radius 3 is 3.00 bits per heavy atom. The number of nitrogens with one attached hydrogen (secondary N) is 1. The molecule has 5 nitrogen and oxygen atoms in total. The molecule has 0 aliphatic heterocycles. The first-order valence-corrected chi connectivity index (χ1v) is 4.90. The Labute approximate surface area is 96.4 Å². The maximum atomic E-state index is 11.6. The molecule has 1 N–H and O–H groups in total. The van der Waals surface area contributed by atoms with Crippen LogP contribution in [0.4, 0.5) is 5.69 Å². The van der Waals surface area contributed by atoms with Gasteiger partial charge in [0.25, 0.3) is 5.91 Å². The topological polar surface area (TPSA) is 68.0 Å². The second-order valence-electron chi connectivity index (χ2n) is 3.16. The Hall–Kier alpha value is -1.88. The monoisotopic (exact) mass is 237 g/mol. The van der Waals surface area contributed by atoms with Crippen molar-refractivity contribution in [2.45, 2.75) is 6.92 Å². The Morgan fingerprint density at radius 1 is 1.50 bits per heavy atom. The van der Waals surface area contributed by atoms with Crippen LogP contribution in [0.25, 0.3) is 0 Å². The summed E-state index contributed by atoms with van der Waals surface area (Å²) in [5.74, 6) is -0.383. The average molecular weight is 238 g/mol. The molecular formula is C10H8ClN3O2. The third-order valence-electron chi connectivity index (χ3n) is 2.11. The van der Waals surface area contributed by atoms with E-state index in [-0.39, 0.29) is 11.6 Å². The van der Waals surface area contributed by atoms with E-state index in [9.17, 15) is 4.79 Å². The van der Waals surface area contributed by atoms with Gasteiger partial charge in [-0.15, -0.1) is 0 Å². The summed E-state index contributed by atoms with van der Waals surface area (Å²) >= 11 is 5.92. The van der Waals surface area contributed by atoms with Crippen LogP contribution >= 0.6 is 11.6 Å². The van der Waals surface area contributed by atoms with Crippen LogP contribution in [0.15, 0.2) is 29.0 Å². The highest BCUT2D eigenvalue weighted by Gasteiger charge is 2.11. The van der Waals surface area contributed by atoms with Gasteiger partial charge >= 0.3 is 0 Å².